The number of nitrogens with one attached hydrogen (secondary N) is 1. The first-order chi connectivity index (χ1) is 27.0. The fraction of sp³-hybridized carbons (Fsp3) is 0.341. The minimum absolute atomic E-state index is 0.00917. The van der Waals surface area contributed by atoms with Crippen molar-refractivity contribution in [3.63, 3.8) is 0 Å². The van der Waals surface area contributed by atoms with E-state index >= 15 is 0 Å². The monoisotopic (exact) mass is 763 g/mol. The summed E-state index contributed by atoms with van der Waals surface area (Å²) in [5.41, 5.74) is 1.71. The summed E-state index contributed by atoms with van der Waals surface area (Å²) in [6, 6.07) is 34.0. The summed E-state index contributed by atoms with van der Waals surface area (Å²) >= 11 is 0. The van der Waals surface area contributed by atoms with Gasteiger partial charge in [0.2, 0.25) is 0 Å². The van der Waals surface area contributed by atoms with Gasteiger partial charge < -0.3 is 38.8 Å². The summed E-state index contributed by atoms with van der Waals surface area (Å²) in [7, 11) is 3.22. The molecule has 1 aliphatic heterocycles. The van der Waals surface area contributed by atoms with Crippen LogP contribution in [0.2, 0.25) is 0 Å². The zero-order chi connectivity index (χ0) is 39.9. The Kier molecular flexibility index (Phi) is 12.6. The summed E-state index contributed by atoms with van der Waals surface area (Å²) in [6.07, 6.45) is -2.62. The minimum Gasteiger partial charge on any atom is -0.497 e. The lowest BCUT2D eigenvalue weighted by molar-refractivity contribution is -0.118. The van der Waals surface area contributed by atoms with Gasteiger partial charge in [-0.3, -0.25) is 9.36 Å². The summed E-state index contributed by atoms with van der Waals surface area (Å²) < 4.78 is 37.2. The third-order valence-electron chi connectivity index (χ3n) is 9.77. The number of aliphatic hydroxyl groups excluding tert-OH is 1. The van der Waals surface area contributed by atoms with Gasteiger partial charge in [-0.1, -0.05) is 87.5 Å². The highest BCUT2D eigenvalue weighted by Crippen LogP contribution is 2.43. The number of benzene rings is 4. The van der Waals surface area contributed by atoms with E-state index in [1.807, 2.05) is 103 Å². The number of aromatic nitrogens is 2. The van der Waals surface area contributed by atoms with E-state index in [-0.39, 0.29) is 31.1 Å². The number of methoxy groups -OCH3 is 2. The van der Waals surface area contributed by atoms with Crippen molar-refractivity contribution in [1.82, 2.24) is 9.55 Å². The number of amides is 1. The van der Waals surface area contributed by atoms with Crippen molar-refractivity contribution >= 4 is 11.7 Å². The maximum absolute atomic E-state index is 13.4. The Balaban J connectivity index is 1.22. The van der Waals surface area contributed by atoms with E-state index in [4.69, 9.17) is 28.4 Å². The predicted octanol–water partition coefficient (Wildman–Crippen LogP) is 6.25. The molecule has 4 atom stereocenters. The van der Waals surface area contributed by atoms with Gasteiger partial charge in [-0.05, 0) is 77.1 Å². The van der Waals surface area contributed by atoms with Gasteiger partial charge in [0.1, 0.15) is 47.0 Å². The van der Waals surface area contributed by atoms with Gasteiger partial charge in [-0.2, -0.15) is 4.98 Å². The van der Waals surface area contributed by atoms with Gasteiger partial charge in [-0.15, -0.1) is 0 Å². The van der Waals surface area contributed by atoms with E-state index in [1.165, 1.54) is 16.8 Å². The summed E-state index contributed by atoms with van der Waals surface area (Å²) in [4.78, 5) is 30.2. The highest BCUT2D eigenvalue weighted by Gasteiger charge is 2.48. The van der Waals surface area contributed by atoms with Crippen LogP contribution in [0.4, 0.5) is 5.82 Å². The van der Waals surface area contributed by atoms with E-state index in [0.29, 0.717) is 17.2 Å². The van der Waals surface area contributed by atoms with Crippen LogP contribution >= 0.6 is 0 Å². The molecule has 4 unspecified atom stereocenters. The molecule has 0 spiro atoms. The predicted molar refractivity (Wildman–Crippen MR) is 211 cm³/mol. The molecule has 294 valence electrons. The van der Waals surface area contributed by atoms with Crippen LogP contribution < -0.4 is 25.2 Å². The van der Waals surface area contributed by atoms with Crippen molar-refractivity contribution in [1.29, 1.82) is 0 Å². The van der Waals surface area contributed by atoms with Gasteiger partial charge >= 0.3 is 5.69 Å². The van der Waals surface area contributed by atoms with Crippen molar-refractivity contribution in [2.24, 2.45) is 0 Å². The molecule has 2 heterocycles. The number of rotatable bonds is 15. The Morgan fingerprint density at radius 3 is 1.89 bits per heavy atom. The third-order valence-corrected chi connectivity index (χ3v) is 9.77. The third kappa shape index (κ3) is 8.79. The molecule has 6 rings (SSSR count). The van der Waals surface area contributed by atoms with Gasteiger partial charge in [0.25, 0.3) is 5.91 Å². The lowest BCUT2D eigenvalue weighted by Gasteiger charge is -2.37. The van der Waals surface area contributed by atoms with Crippen LogP contribution in [0.25, 0.3) is 0 Å². The molecule has 4 aromatic carbocycles. The molecule has 1 aromatic heterocycles. The standard InChI is InChI=1S/C44H49N3O9/c1-7-53-40-39(49)36(56-41(40)47-26-25-37(46-42(47)50)45-38(48)28-54-35-23-13-29(14-24-35)43(2,3)4)27-55-44(30-11-9-8-10-12-30,31-15-19-33(51-5)20-16-31)32-17-21-34(52-6)22-18-32/h8-26,36,39-41,49H,7,27-28H2,1-6H3,(H,45,46,48,50). The van der Waals surface area contributed by atoms with E-state index in [9.17, 15) is 14.7 Å². The number of nitrogens with zero attached hydrogens (tertiary/aromatic N) is 2. The van der Waals surface area contributed by atoms with Crippen LogP contribution in [0.3, 0.4) is 0 Å². The van der Waals surface area contributed by atoms with Crippen LogP contribution in [0, 0.1) is 0 Å². The highest BCUT2D eigenvalue weighted by molar-refractivity contribution is 5.90. The van der Waals surface area contributed by atoms with Crippen LogP contribution in [0.5, 0.6) is 17.2 Å². The SMILES string of the molecule is CCOC1C(O)C(COC(c2ccccc2)(c2ccc(OC)cc2)c2ccc(OC)cc2)OC1n1ccc(NC(=O)COc2ccc(C(C)(C)C)cc2)nc1=O. The summed E-state index contributed by atoms with van der Waals surface area (Å²) in [5.74, 6) is 1.47. The quantitative estimate of drug-likeness (QED) is 0.118. The second kappa shape index (κ2) is 17.5. The zero-order valence-electron chi connectivity index (χ0n) is 32.5. The average molecular weight is 764 g/mol. The van der Waals surface area contributed by atoms with Gasteiger partial charge in [0, 0.05) is 12.8 Å². The van der Waals surface area contributed by atoms with E-state index in [2.05, 4.69) is 31.1 Å². The van der Waals surface area contributed by atoms with E-state index in [0.717, 1.165) is 22.3 Å². The van der Waals surface area contributed by atoms with Crippen molar-refractivity contribution in [3.05, 3.63) is 148 Å². The second-order valence-corrected chi connectivity index (χ2v) is 14.4. The highest BCUT2D eigenvalue weighted by atomic mass is 16.6. The Bertz CT molecular complexity index is 2050. The average Bonchev–Trinajstić information content (AvgIpc) is 3.51. The molecule has 5 aromatic rings. The number of hydrogen-bond acceptors (Lipinski definition) is 10. The fourth-order valence-corrected chi connectivity index (χ4v) is 6.79. The Morgan fingerprint density at radius 1 is 0.804 bits per heavy atom. The molecule has 1 fully saturated rings. The molecule has 0 radical (unpaired) electrons. The Labute approximate surface area is 326 Å². The Hall–Kier alpha value is -5.53. The molecule has 0 aliphatic carbocycles. The molecule has 1 amide bonds. The molecule has 1 saturated heterocycles. The lowest BCUT2D eigenvalue weighted by Crippen LogP contribution is -2.40. The van der Waals surface area contributed by atoms with E-state index < -0.39 is 41.7 Å². The van der Waals surface area contributed by atoms with Crippen LogP contribution in [0.1, 0.15) is 56.2 Å². The van der Waals surface area contributed by atoms with E-state index in [1.54, 1.807) is 21.1 Å². The van der Waals surface area contributed by atoms with Crippen molar-refractivity contribution in [2.75, 3.05) is 39.4 Å². The number of carbonyl (C=O) groups is 1. The largest absolute Gasteiger partial charge is 0.497 e. The number of hydrogen-bond donors (Lipinski definition) is 2. The minimum atomic E-state index is -1.18. The van der Waals surface area contributed by atoms with Crippen LogP contribution in [0.15, 0.2) is 120 Å². The molecule has 12 nitrogen and oxygen atoms in total. The van der Waals surface area contributed by atoms with Crippen LogP contribution in [-0.2, 0) is 30.0 Å². The van der Waals surface area contributed by atoms with Crippen LogP contribution in [-0.4, -0.2) is 72.9 Å². The maximum Gasteiger partial charge on any atom is 0.351 e. The first-order valence-electron chi connectivity index (χ1n) is 18.5. The molecule has 1 aliphatic rings. The maximum atomic E-state index is 13.4. The van der Waals surface area contributed by atoms with Gasteiger partial charge in [0.15, 0.2) is 12.8 Å². The van der Waals surface area contributed by atoms with Crippen molar-refractivity contribution in [3.8, 4) is 17.2 Å². The summed E-state index contributed by atoms with van der Waals surface area (Å²) in [5, 5.41) is 14.3. The number of carbonyl (C=O) groups excluding carboxylic acids is 1. The molecule has 0 saturated carbocycles. The first kappa shape index (κ1) is 40.1. The van der Waals surface area contributed by atoms with Gasteiger partial charge in [-0.25, -0.2) is 4.79 Å². The molecule has 56 heavy (non-hydrogen) atoms. The number of anilines is 1. The second-order valence-electron chi connectivity index (χ2n) is 14.4. The molecular weight excluding hydrogens is 714 g/mol. The topological polar surface area (TPSA) is 140 Å². The normalized spacial score (nSPS) is 18.3. The summed E-state index contributed by atoms with van der Waals surface area (Å²) in [6.45, 7) is 8.03. The zero-order valence-corrected chi connectivity index (χ0v) is 32.5. The Morgan fingerprint density at radius 2 is 1.36 bits per heavy atom. The number of aliphatic hydroxyl groups is 1. The van der Waals surface area contributed by atoms with Crippen molar-refractivity contribution in [2.45, 2.75) is 63.3 Å². The lowest BCUT2D eigenvalue weighted by atomic mass is 9.80. The molecule has 12 heteroatoms. The van der Waals surface area contributed by atoms with Crippen molar-refractivity contribution < 1.29 is 38.3 Å². The number of ether oxygens (including phenoxy) is 6. The smallest absolute Gasteiger partial charge is 0.351 e. The van der Waals surface area contributed by atoms with Gasteiger partial charge in [0.05, 0.1) is 20.8 Å². The molecule has 2 N–H and O–H groups in total. The first-order valence-corrected chi connectivity index (χ1v) is 18.5. The molecule has 0 bridgehead atoms. The fourth-order valence-electron chi connectivity index (χ4n) is 6.79. The molecular formula is C44H49N3O9.